The average Bonchev–Trinajstić information content (AvgIpc) is 3.62. The number of aromatic nitrogens is 4. The number of alkyl halides is 2. The third-order valence-corrected chi connectivity index (χ3v) is 11.2. The Bertz CT molecular complexity index is 1950. The number of hydrogen-bond donors (Lipinski definition) is 3. The molecule has 11 nitrogen and oxygen atoms in total. The molecule has 6 rings (SSSR count). The van der Waals surface area contributed by atoms with Crippen molar-refractivity contribution < 1.29 is 37.3 Å². The molecule has 0 saturated heterocycles. The number of hydrogen-bond acceptors (Lipinski definition) is 10. The molecule has 3 aromatic heterocycles. The van der Waals surface area contributed by atoms with Crippen LogP contribution in [0.1, 0.15) is 47.9 Å². The van der Waals surface area contributed by atoms with Crippen molar-refractivity contribution in [3.05, 3.63) is 69.2 Å². The summed E-state index contributed by atoms with van der Waals surface area (Å²) in [5.41, 5.74) is 2.91. The molecule has 0 unspecified atom stereocenters. The number of thiophene rings is 1. The van der Waals surface area contributed by atoms with E-state index < -0.39 is 35.4 Å². The molecule has 0 spiro atoms. The minimum Gasteiger partial charge on any atom is -0.481 e. The molecular weight excluding hydrogens is 664 g/mol. The zero-order chi connectivity index (χ0) is 32.9. The fraction of sp³-hybridized carbons (Fsp3) is 0.333. The quantitative estimate of drug-likeness (QED) is 0.142. The van der Waals surface area contributed by atoms with Crippen LogP contribution in [0.4, 0.5) is 8.78 Å². The molecule has 2 aromatic carbocycles. The molecule has 1 aliphatic heterocycles. The second kappa shape index (κ2) is 12.5. The molecule has 0 bridgehead atoms. The van der Waals surface area contributed by atoms with Crippen molar-refractivity contribution in [1.29, 1.82) is 0 Å². The Hall–Kier alpha value is -3.60. The van der Waals surface area contributed by atoms with E-state index in [4.69, 9.17) is 21.1 Å². The van der Waals surface area contributed by atoms with Crippen molar-refractivity contribution >= 4 is 60.8 Å². The van der Waals surface area contributed by atoms with Crippen molar-refractivity contribution in [3.63, 3.8) is 0 Å². The first kappa shape index (κ1) is 32.3. The van der Waals surface area contributed by atoms with Gasteiger partial charge in [-0.2, -0.15) is 13.1 Å². The molecule has 4 heterocycles. The predicted octanol–water partition coefficient (Wildman–Crippen LogP) is 7.45. The average molecular weight is 694 g/mol. The topological polar surface area (TPSA) is 143 Å². The molecule has 0 amide bonds. The molecular formula is C30H30ClF2N5O6S2. The third-order valence-electron chi connectivity index (χ3n) is 8.09. The monoisotopic (exact) mass is 693 g/mol. The van der Waals surface area contributed by atoms with Gasteiger partial charge >= 0.3 is 12.6 Å². The molecule has 0 aliphatic carbocycles. The number of carbonyl (C=O) groups is 1. The van der Waals surface area contributed by atoms with Gasteiger partial charge in [0.05, 0.1) is 18.0 Å². The third kappa shape index (κ3) is 5.98. The summed E-state index contributed by atoms with van der Waals surface area (Å²) in [6.07, 6.45) is 1.19. The lowest BCUT2D eigenvalue weighted by Gasteiger charge is -2.41. The SMILES string of the molecule is CC[C@@H]1CN(Cc2cc([C@@H](CC(=O)O)c3cc(OC(F)F)c4c(nnn4C)c3C)cc3ccsc23)S(O)(O)c2cc(Cl)cnc2O1. The molecule has 2 atom stereocenters. The van der Waals surface area contributed by atoms with Gasteiger partial charge < -0.3 is 14.6 Å². The minimum atomic E-state index is -3.62. The van der Waals surface area contributed by atoms with Crippen LogP contribution in [0.5, 0.6) is 11.6 Å². The molecule has 0 saturated carbocycles. The number of rotatable bonds is 9. The van der Waals surface area contributed by atoms with E-state index in [1.807, 2.05) is 30.5 Å². The summed E-state index contributed by atoms with van der Waals surface area (Å²) in [4.78, 5) is 16.6. The summed E-state index contributed by atoms with van der Waals surface area (Å²) in [6, 6.07) is 8.47. The van der Waals surface area contributed by atoms with Gasteiger partial charge in [-0.25, -0.2) is 9.67 Å². The highest BCUT2D eigenvalue weighted by atomic mass is 35.5. The molecule has 16 heteroatoms. The molecule has 3 N–H and O–H groups in total. The van der Waals surface area contributed by atoms with Crippen molar-refractivity contribution in [3.8, 4) is 11.6 Å². The number of ether oxygens (including phenoxy) is 2. The number of aliphatic carboxylic acids is 1. The summed E-state index contributed by atoms with van der Waals surface area (Å²) < 4.78 is 64.9. The smallest absolute Gasteiger partial charge is 0.387 e. The Balaban J connectivity index is 1.49. The number of carboxylic acid groups (broad SMARTS) is 1. The number of benzene rings is 2. The van der Waals surface area contributed by atoms with E-state index in [0.29, 0.717) is 34.2 Å². The van der Waals surface area contributed by atoms with Gasteiger partial charge in [0.1, 0.15) is 22.0 Å². The van der Waals surface area contributed by atoms with Gasteiger partial charge in [-0.05, 0) is 70.6 Å². The highest BCUT2D eigenvalue weighted by Gasteiger charge is 2.36. The summed E-state index contributed by atoms with van der Waals surface area (Å²) in [6.45, 7) is 0.775. The van der Waals surface area contributed by atoms with Crippen LogP contribution in [0.2, 0.25) is 5.02 Å². The van der Waals surface area contributed by atoms with Gasteiger partial charge in [0.15, 0.2) is 5.75 Å². The zero-order valence-electron chi connectivity index (χ0n) is 24.9. The number of aryl methyl sites for hydroxylation is 2. The maximum Gasteiger partial charge on any atom is 0.387 e. The maximum absolute atomic E-state index is 13.5. The lowest BCUT2D eigenvalue weighted by molar-refractivity contribution is -0.137. The first-order valence-corrected chi connectivity index (χ1v) is 17.0. The molecule has 5 aromatic rings. The second-order valence-electron chi connectivity index (χ2n) is 11.0. The van der Waals surface area contributed by atoms with Gasteiger partial charge in [-0.15, -0.1) is 27.2 Å². The van der Waals surface area contributed by atoms with Gasteiger partial charge in [0.25, 0.3) is 0 Å². The minimum absolute atomic E-state index is 0.0702. The fourth-order valence-corrected chi connectivity index (χ4v) is 8.59. The van der Waals surface area contributed by atoms with E-state index in [0.717, 1.165) is 10.1 Å². The Kier molecular flexibility index (Phi) is 8.82. The van der Waals surface area contributed by atoms with E-state index in [1.165, 1.54) is 34.3 Å². The van der Waals surface area contributed by atoms with Crippen LogP contribution in [0, 0.1) is 6.92 Å². The number of carboxylic acids is 1. The van der Waals surface area contributed by atoms with Gasteiger partial charge in [0, 0.05) is 30.4 Å². The van der Waals surface area contributed by atoms with E-state index in [1.54, 1.807) is 18.3 Å². The zero-order valence-corrected chi connectivity index (χ0v) is 27.2. The highest BCUT2D eigenvalue weighted by molar-refractivity contribution is 8.22. The lowest BCUT2D eigenvalue weighted by atomic mass is 9.84. The Morgan fingerprint density at radius 3 is 2.78 bits per heavy atom. The summed E-state index contributed by atoms with van der Waals surface area (Å²) in [7, 11) is -2.06. The van der Waals surface area contributed by atoms with Crippen molar-refractivity contribution in [1.82, 2.24) is 24.3 Å². The van der Waals surface area contributed by atoms with Crippen LogP contribution in [-0.4, -0.2) is 63.7 Å². The largest absolute Gasteiger partial charge is 0.481 e. The van der Waals surface area contributed by atoms with Crippen molar-refractivity contribution in [2.75, 3.05) is 6.54 Å². The number of fused-ring (bicyclic) bond motifs is 3. The predicted molar refractivity (Wildman–Crippen MR) is 171 cm³/mol. The van der Waals surface area contributed by atoms with Crippen LogP contribution in [-0.2, 0) is 18.4 Å². The van der Waals surface area contributed by atoms with Crippen LogP contribution in [0.3, 0.4) is 0 Å². The summed E-state index contributed by atoms with van der Waals surface area (Å²) in [5.74, 6) is -1.96. The van der Waals surface area contributed by atoms with Crippen molar-refractivity contribution in [2.45, 2.75) is 56.8 Å². The van der Waals surface area contributed by atoms with Crippen LogP contribution < -0.4 is 9.47 Å². The molecule has 0 fully saturated rings. The van der Waals surface area contributed by atoms with Crippen LogP contribution in [0.15, 0.2) is 46.8 Å². The van der Waals surface area contributed by atoms with Crippen LogP contribution >= 0.6 is 33.7 Å². The van der Waals surface area contributed by atoms with Crippen molar-refractivity contribution in [2.24, 2.45) is 7.05 Å². The normalized spacial score (nSPS) is 17.9. The first-order valence-electron chi connectivity index (χ1n) is 14.2. The number of nitrogens with zero attached hydrogens (tertiary/aromatic N) is 5. The number of halogens is 3. The molecule has 244 valence electrons. The van der Waals surface area contributed by atoms with Gasteiger partial charge in [-0.3, -0.25) is 13.9 Å². The highest BCUT2D eigenvalue weighted by Crippen LogP contribution is 2.58. The fourth-order valence-electron chi connectivity index (χ4n) is 5.89. The second-order valence-corrected chi connectivity index (χ2v) is 14.3. The first-order chi connectivity index (χ1) is 21.9. The number of pyridine rings is 1. The Morgan fingerprint density at radius 1 is 1.28 bits per heavy atom. The molecule has 1 aliphatic rings. The molecule has 0 radical (unpaired) electrons. The van der Waals surface area contributed by atoms with Gasteiger partial charge in [-0.1, -0.05) is 29.8 Å². The standard InChI is InChI=1S/C30H30ClF2N5O6S2/c1-4-20-14-38(46(41,42)24-9-19(31)12-34-29(24)43-20)13-18-8-17(7-16-5-6-45-28(16)18)22(11-25(39)40)21-10-23(44-30(32)33)27-26(15(21)2)35-36-37(27)3/h5-10,12,20,22,30,41-42H,4,11,13-14H2,1-3H3,(H,39,40)/t20-,22-/m1/s1. The maximum atomic E-state index is 13.5. The van der Waals surface area contributed by atoms with Crippen LogP contribution in [0.25, 0.3) is 21.1 Å². The van der Waals surface area contributed by atoms with Gasteiger partial charge in [0.2, 0.25) is 5.88 Å². The van der Waals surface area contributed by atoms with E-state index in [9.17, 15) is 27.8 Å². The summed E-state index contributed by atoms with van der Waals surface area (Å²) in [5, 5.41) is 21.1. The van der Waals surface area contributed by atoms with E-state index in [-0.39, 0.29) is 46.6 Å². The molecule has 46 heavy (non-hydrogen) atoms. The van der Waals surface area contributed by atoms with E-state index in [2.05, 4.69) is 15.3 Å². The van der Waals surface area contributed by atoms with E-state index >= 15 is 0 Å². The Labute approximate surface area is 272 Å². The lowest BCUT2D eigenvalue weighted by Crippen LogP contribution is -2.34. The Morgan fingerprint density at radius 2 is 2.07 bits per heavy atom. The summed E-state index contributed by atoms with van der Waals surface area (Å²) >= 11 is 7.66.